The van der Waals surface area contributed by atoms with Crippen LogP contribution in [-0.2, 0) is 0 Å². The van der Waals surface area contributed by atoms with Gasteiger partial charge in [-0.25, -0.2) is 0 Å². The molecule has 0 aliphatic carbocycles. The Morgan fingerprint density at radius 2 is 1.09 bits per heavy atom. The molecule has 3 heteroatoms. The Kier molecular flexibility index (Phi) is 4.88. The lowest BCUT2D eigenvalue weighted by atomic mass is 10.1. The number of para-hydroxylation sites is 1. The zero-order chi connectivity index (χ0) is 16.4. The number of hydrogen-bond acceptors (Lipinski definition) is 1. The van der Waals surface area contributed by atoms with Crippen molar-refractivity contribution in [1.29, 1.82) is 0 Å². The van der Waals surface area contributed by atoms with Gasteiger partial charge in [-0.15, -0.1) is 0 Å². The van der Waals surface area contributed by atoms with Gasteiger partial charge in [0.1, 0.15) is 0 Å². The van der Waals surface area contributed by atoms with Gasteiger partial charge in [-0.05, 0) is 73.5 Å². The Labute approximate surface area is 154 Å². The van der Waals surface area contributed by atoms with E-state index in [4.69, 9.17) is 0 Å². The predicted octanol–water partition coefficient (Wildman–Crippen LogP) is 7.30. The Morgan fingerprint density at radius 1 is 0.609 bits per heavy atom. The third-order valence-electron chi connectivity index (χ3n) is 3.81. The number of aryl methyl sites for hydroxylation is 2. The van der Waals surface area contributed by atoms with Gasteiger partial charge >= 0.3 is 0 Å². The lowest BCUT2D eigenvalue weighted by Gasteiger charge is -2.26. The molecule has 0 spiro atoms. The summed E-state index contributed by atoms with van der Waals surface area (Å²) in [5.41, 5.74) is 5.89. The summed E-state index contributed by atoms with van der Waals surface area (Å²) < 4.78 is 2.25. The van der Waals surface area contributed by atoms with Crippen molar-refractivity contribution in [2.24, 2.45) is 0 Å². The second-order valence-electron chi connectivity index (χ2n) is 5.54. The van der Waals surface area contributed by atoms with Gasteiger partial charge in [-0.3, -0.25) is 0 Å². The average Bonchev–Trinajstić information content (AvgIpc) is 2.55. The van der Waals surface area contributed by atoms with Gasteiger partial charge in [0.15, 0.2) is 0 Å². The van der Waals surface area contributed by atoms with Crippen molar-refractivity contribution in [3.05, 3.63) is 86.8 Å². The number of anilines is 3. The van der Waals surface area contributed by atoms with E-state index < -0.39 is 0 Å². The van der Waals surface area contributed by atoms with Crippen LogP contribution in [0.4, 0.5) is 17.1 Å². The maximum Gasteiger partial charge on any atom is 0.0465 e. The fourth-order valence-corrected chi connectivity index (χ4v) is 3.05. The third-order valence-corrected chi connectivity index (χ3v) is 5.59. The highest BCUT2D eigenvalue weighted by Crippen LogP contribution is 2.37. The van der Waals surface area contributed by atoms with E-state index in [1.807, 2.05) is 6.07 Å². The minimum Gasteiger partial charge on any atom is -0.310 e. The van der Waals surface area contributed by atoms with Gasteiger partial charge in [-0.1, -0.05) is 50.1 Å². The molecule has 0 aliphatic rings. The van der Waals surface area contributed by atoms with Crippen LogP contribution in [0, 0.1) is 13.8 Å². The standard InChI is InChI=1S/C20H17Br2N/c1-14-12-17(8-10-19(14)21)23(16-6-4-3-5-7-16)18-9-11-20(22)15(2)13-18/h3-13H,1-2H3. The van der Waals surface area contributed by atoms with Crippen molar-refractivity contribution in [1.82, 2.24) is 0 Å². The molecule has 0 saturated heterocycles. The Bertz CT molecular complexity index is 777. The van der Waals surface area contributed by atoms with Crippen molar-refractivity contribution in [2.45, 2.75) is 13.8 Å². The quantitative estimate of drug-likeness (QED) is 0.421. The Morgan fingerprint density at radius 3 is 1.52 bits per heavy atom. The molecule has 0 N–H and O–H groups in total. The van der Waals surface area contributed by atoms with Gasteiger partial charge < -0.3 is 4.90 Å². The molecular weight excluding hydrogens is 414 g/mol. The molecule has 0 bridgehead atoms. The zero-order valence-corrected chi connectivity index (χ0v) is 16.2. The monoisotopic (exact) mass is 429 g/mol. The first-order chi connectivity index (χ1) is 11.1. The number of benzene rings is 3. The lowest BCUT2D eigenvalue weighted by Crippen LogP contribution is -2.10. The number of hydrogen-bond donors (Lipinski definition) is 0. The fraction of sp³-hybridized carbons (Fsp3) is 0.100. The zero-order valence-electron chi connectivity index (χ0n) is 13.1. The first kappa shape index (κ1) is 16.3. The molecule has 3 rings (SSSR count). The van der Waals surface area contributed by atoms with Crippen molar-refractivity contribution in [2.75, 3.05) is 4.90 Å². The molecular formula is C20H17Br2N. The van der Waals surface area contributed by atoms with Crippen LogP contribution in [0.15, 0.2) is 75.7 Å². The van der Waals surface area contributed by atoms with E-state index in [1.165, 1.54) is 11.1 Å². The molecule has 0 unspecified atom stereocenters. The maximum atomic E-state index is 3.59. The summed E-state index contributed by atoms with van der Waals surface area (Å²) in [6.45, 7) is 4.23. The first-order valence-corrected chi connectivity index (χ1v) is 9.02. The SMILES string of the molecule is Cc1cc(N(c2ccccc2)c2ccc(Br)c(C)c2)ccc1Br. The molecule has 0 radical (unpaired) electrons. The molecule has 0 saturated carbocycles. The minimum absolute atomic E-state index is 1.13. The van der Waals surface area contributed by atoms with E-state index in [-0.39, 0.29) is 0 Å². The van der Waals surface area contributed by atoms with Crippen molar-refractivity contribution in [3.8, 4) is 0 Å². The van der Waals surface area contributed by atoms with Gasteiger partial charge in [0.2, 0.25) is 0 Å². The predicted molar refractivity (Wildman–Crippen MR) is 106 cm³/mol. The van der Waals surface area contributed by atoms with Crippen LogP contribution in [0.5, 0.6) is 0 Å². The van der Waals surface area contributed by atoms with E-state index in [0.717, 1.165) is 26.0 Å². The number of nitrogens with zero attached hydrogens (tertiary/aromatic N) is 1. The van der Waals surface area contributed by atoms with Crippen LogP contribution in [0.3, 0.4) is 0 Å². The maximum absolute atomic E-state index is 3.59. The number of halogens is 2. The van der Waals surface area contributed by atoms with Gasteiger partial charge in [0.05, 0.1) is 0 Å². The van der Waals surface area contributed by atoms with E-state index in [1.54, 1.807) is 0 Å². The topological polar surface area (TPSA) is 3.24 Å². The van der Waals surface area contributed by atoms with Crippen LogP contribution in [-0.4, -0.2) is 0 Å². The number of rotatable bonds is 3. The summed E-state index contributed by atoms with van der Waals surface area (Å²) in [6, 6.07) is 23.3. The summed E-state index contributed by atoms with van der Waals surface area (Å²) >= 11 is 7.17. The molecule has 0 atom stereocenters. The van der Waals surface area contributed by atoms with Crippen LogP contribution in [0.2, 0.25) is 0 Å². The molecule has 0 aromatic heterocycles. The molecule has 0 aliphatic heterocycles. The molecule has 116 valence electrons. The second kappa shape index (κ2) is 6.90. The second-order valence-corrected chi connectivity index (χ2v) is 7.25. The van der Waals surface area contributed by atoms with Crippen LogP contribution >= 0.6 is 31.9 Å². The minimum atomic E-state index is 1.13. The summed E-state index contributed by atoms with van der Waals surface area (Å²) in [7, 11) is 0. The van der Waals surface area contributed by atoms with Crippen molar-refractivity contribution in [3.63, 3.8) is 0 Å². The van der Waals surface area contributed by atoms with Crippen LogP contribution < -0.4 is 4.90 Å². The first-order valence-electron chi connectivity index (χ1n) is 7.44. The smallest absolute Gasteiger partial charge is 0.0465 e. The van der Waals surface area contributed by atoms with Gasteiger partial charge in [-0.2, -0.15) is 0 Å². The van der Waals surface area contributed by atoms with E-state index in [9.17, 15) is 0 Å². The molecule has 23 heavy (non-hydrogen) atoms. The normalized spacial score (nSPS) is 10.6. The van der Waals surface area contributed by atoms with Gasteiger partial charge in [0.25, 0.3) is 0 Å². The van der Waals surface area contributed by atoms with Crippen molar-refractivity contribution < 1.29 is 0 Å². The van der Waals surface area contributed by atoms with Crippen LogP contribution in [0.1, 0.15) is 11.1 Å². The van der Waals surface area contributed by atoms with Gasteiger partial charge in [0, 0.05) is 26.0 Å². The molecule has 3 aromatic rings. The Hall–Kier alpha value is -1.58. The largest absolute Gasteiger partial charge is 0.310 e. The highest BCUT2D eigenvalue weighted by molar-refractivity contribution is 9.10. The lowest BCUT2D eigenvalue weighted by molar-refractivity contribution is 1.25. The highest BCUT2D eigenvalue weighted by Gasteiger charge is 2.13. The van der Waals surface area contributed by atoms with E-state index >= 15 is 0 Å². The average molecular weight is 431 g/mol. The Balaban J connectivity index is 2.17. The molecule has 0 fully saturated rings. The molecule has 0 heterocycles. The van der Waals surface area contributed by atoms with E-state index in [0.29, 0.717) is 0 Å². The summed E-state index contributed by atoms with van der Waals surface area (Å²) in [5.74, 6) is 0. The summed E-state index contributed by atoms with van der Waals surface area (Å²) in [4.78, 5) is 2.28. The summed E-state index contributed by atoms with van der Waals surface area (Å²) in [6.07, 6.45) is 0. The molecule has 0 amide bonds. The molecule has 3 aromatic carbocycles. The fourth-order valence-electron chi connectivity index (χ4n) is 2.56. The molecule has 1 nitrogen and oxygen atoms in total. The van der Waals surface area contributed by atoms with E-state index in [2.05, 4.69) is 111 Å². The van der Waals surface area contributed by atoms with Crippen molar-refractivity contribution >= 4 is 48.9 Å². The summed E-state index contributed by atoms with van der Waals surface area (Å²) in [5, 5.41) is 0. The van der Waals surface area contributed by atoms with Crippen LogP contribution in [0.25, 0.3) is 0 Å². The third kappa shape index (κ3) is 3.51. The highest BCUT2D eigenvalue weighted by atomic mass is 79.9.